The van der Waals surface area contributed by atoms with Crippen molar-refractivity contribution < 1.29 is 22.4 Å². The molecule has 0 aliphatic rings. The zero-order valence-electron chi connectivity index (χ0n) is 16.3. The molecule has 0 spiro atoms. The molecule has 0 aliphatic carbocycles. The van der Waals surface area contributed by atoms with Crippen LogP contribution in [-0.2, 0) is 12.6 Å². The van der Waals surface area contributed by atoms with Gasteiger partial charge < -0.3 is 0 Å². The van der Waals surface area contributed by atoms with Gasteiger partial charge in [-0.3, -0.25) is 4.79 Å². The summed E-state index contributed by atoms with van der Waals surface area (Å²) in [6.45, 7) is 5.19. The summed E-state index contributed by atoms with van der Waals surface area (Å²) in [5.41, 5.74) is 2.29. The Hall–Kier alpha value is -2.95. The molecule has 0 bridgehead atoms. The van der Waals surface area contributed by atoms with E-state index in [0.717, 1.165) is 23.3 Å². The fraction of sp³-hybridized carbons (Fsp3) is 0.208. The summed E-state index contributed by atoms with van der Waals surface area (Å²) in [5, 5.41) is 0. The van der Waals surface area contributed by atoms with Gasteiger partial charge >= 0.3 is 6.18 Å². The molecular weight excluding hydrogens is 380 g/mol. The van der Waals surface area contributed by atoms with E-state index in [0.29, 0.717) is 17.5 Å². The quantitative estimate of drug-likeness (QED) is 0.343. The monoisotopic (exact) mass is 400 g/mol. The van der Waals surface area contributed by atoms with E-state index < -0.39 is 23.3 Å². The highest BCUT2D eigenvalue weighted by molar-refractivity contribution is 6.13. The maximum absolute atomic E-state index is 13.6. The lowest BCUT2D eigenvalue weighted by molar-refractivity contribution is -0.138. The van der Waals surface area contributed by atoms with E-state index in [4.69, 9.17) is 0 Å². The minimum absolute atomic E-state index is 0.113. The topological polar surface area (TPSA) is 17.1 Å². The fourth-order valence-corrected chi connectivity index (χ4v) is 3.44. The normalized spacial score (nSPS) is 11.6. The van der Waals surface area contributed by atoms with E-state index in [1.807, 2.05) is 13.8 Å². The lowest BCUT2D eigenvalue weighted by Crippen LogP contribution is -2.09. The Labute approximate surface area is 167 Å². The predicted molar refractivity (Wildman–Crippen MR) is 106 cm³/mol. The molecule has 29 heavy (non-hydrogen) atoms. The number of rotatable bonds is 4. The van der Waals surface area contributed by atoms with Crippen molar-refractivity contribution in [3.63, 3.8) is 0 Å². The molecule has 3 rings (SSSR count). The smallest absolute Gasteiger partial charge is 0.289 e. The van der Waals surface area contributed by atoms with Crippen LogP contribution in [0.1, 0.15) is 45.1 Å². The van der Waals surface area contributed by atoms with Gasteiger partial charge in [-0.1, -0.05) is 37.3 Å². The fourth-order valence-electron chi connectivity index (χ4n) is 3.44. The van der Waals surface area contributed by atoms with Crippen LogP contribution in [0.2, 0.25) is 0 Å². The van der Waals surface area contributed by atoms with E-state index in [2.05, 4.69) is 0 Å². The average molecular weight is 400 g/mol. The van der Waals surface area contributed by atoms with Crippen molar-refractivity contribution in [2.24, 2.45) is 0 Å². The second kappa shape index (κ2) is 7.82. The molecule has 3 aromatic rings. The number of ketones is 1. The maximum Gasteiger partial charge on any atom is 0.416 e. The van der Waals surface area contributed by atoms with E-state index in [1.54, 1.807) is 18.2 Å². The molecule has 3 aromatic carbocycles. The predicted octanol–water partition coefficient (Wildman–Crippen LogP) is 6.92. The number of benzene rings is 3. The molecule has 0 aromatic heterocycles. The van der Waals surface area contributed by atoms with Crippen LogP contribution in [0.15, 0.2) is 54.6 Å². The number of hydrogen-bond acceptors (Lipinski definition) is 1. The van der Waals surface area contributed by atoms with Crippen LogP contribution < -0.4 is 0 Å². The van der Waals surface area contributed by atoms with Gasteiger partial charge in [0, 0.05) is 11.1 Å². The van der Waals surface area contributed by atoms with Gasteiger partial charge in [0.25, 0.3) is 0 Å². The number of alkyl halides is 3. The van der Waals surface area contributed by atoms with Crippen molar-refractivity contribution in [3.05, 3.63) is 93.8 Å². The Balaban J connectivity index is 2.25. The summed E-state index contributed by atoms with van der Waals surface area (Å²) in [6.07, 6.45) is -3.82. The van der Waals surface area contributed by atoms with Gasteiger partial charge in [-0.25, -0.2) is 4.39 Å². The van der Waals surface area contributed by atoms with E-state index >= 15 is 0 Å². The first-order valence-corrected chi connectivity index (χ1v) is 9.23. The molecule has 150 valence electrons. The molecule has 0 aliphatic heterocycles. The Kier molecular flexibility index (Phi) is 5.60. The average Bonchev–Trinajstić information content (AvgIpc) is 2.67. The third-order valence-electron chi connectivity index (χ3n) is 5.04. The van der Waals surface area contributed by atoms with Crippen molar-refractivity contribution in [2.45, 2.75) is 33.4 Å². The molecular formula is C24H20F4O. The summed E-state index contributed by atoms with van der Waals surface area (Å²) in [6, 6.07) is 12.8. The summed E-state index contributed by atoms with van der Waals surface area (Å²) < 4.78 is 53.9. The maximum atomic E-state index is 13.6. The third kappa shape index (κ3) is 4.24. The van der Waals surface area contributed by atoms with Crippen LogP contribution in [0.3, 0.4) is 0 Å². The third-order valence-corrected chi connectivity index (χ3v) is 5.04. The largest absolute Gasteiger partial charge is 0.416 e. The standard InChI is InChI=1S/C24H20F4O/c1-4-16-12-20(17-9-8-14(2)22(13-17)24(26,27)28)21(10-15(16)3)23(29)18-6-5-7-19(25)11-18/h5-13H,4H2,1-3H3. The van der Waals surface area contributed by atoms with Gasteiger partial charge in [0.1, 0.15) is 5.82 Å². The lowest BCUT2D eigenvalue weighted by atomic mass is 9.88. The Morgan fingerprint density at radius 1 is 0.931 bits per heavy atom. The van der Waals surface area contributed by atoms with Gasteiger partial charge in [-0.2, -0.15) is 13.2 Å². The second-order valence-corrected chi connectivity index (χ2v) is 7.04. The first-order valence-electron chi connectivity index (χ1n) is 9.23. The Morgan fingerprint density at radius 3 is 2.28 bits per heavy atom. The van der Waals surface area contributed by atoms with Crippen molar-refractivity contribution in [3.8, 4) is 11.1 Å². The summed E-state index contributed by atoms with van der Waals surface area (Å²) in [5.74, 6) is -0.978. The highest BCUT2D eigenvalue weighted by Gasteiger charge is 2.33. The molecule has 0 amide bonds. The van der Waals surface area contributed by atoms with Crippen molar-refractivity contribution >= 4 is 5.78 Å². The van der Waals surface area contributed by atoms with Crippen molar-refractivity contribution in [1.82, 2.24) is 0 Å². The second-order valence-electron chi connectivity index (χ2n) is 7.04. The van der Waals surface area contributed by atoms with E-state index in [9.17, 15) is 22.4 Å². The molecule has 0 heterocycles. The van der Waals surface area contributed by atoms with Crippen LogP contribution in [0.25, 0.3) is 11.1 Å². The van der Waals surface area contributed by atoms with Crippen LogP contribution in [-0.4, -0.2) is 5.78 Å². The van der Waals surface area contributed by atoms with E-state index in [1.165, 1.54) is 31.2 Å². The van der Waals surface area contributed by atoms with Crippen LogP contribution in [0.5, 0.6) is 0 Å². The zero-order chi connectivity index (χ0) is 21.3. The molecule has 0 N–H and O–H groups in total. The Morgan fingerprint density at radius 2 is 1.66 bits per heavy atom. The SMILES string of the molecule is CCc1cc(-c2ccc(C)c(C(F)(F)F)c2)c(C(=O)c2cccc(F)c2)cc1C. The minimum atomic E-state index is -4.49. The van der Waals surface area contributed by atoms with Gasteiger partial charge in [-0.15, -0.1) is 0 Å². The molecule has 1 nitrogen and oxygen atoms in total. The first-order chi connectivity index (χ1) is 13.6. The molecule has 0 saturated carbocycles. The molecule has 5 heteroatoms. The number of carbonyl (C=O) groups excluding carboxylic acids is 1. The molecule has 0 fully saturated rings. The van der Waals surface area contributed by atoms with Crippen LogP contribution >= 0.6 is 0 Å². The van der Waals surface area contributed by atoms with Crippen LogP contribution in [0, 0.1) is 19.7 Å². The minimum Gasteiger partial charge on any atom is -0.289 e. The highest BCUT2D eigenvalue weighted by Crippen LogP contribution is 2.36. The zero-order valence-corrected chi connectivity index (χ0v) is 16.3. The van der Waals surface area contributed by atoms with Gasteiger partial charge in [0.2, 0.25) is 0 Å². The molecule has 0 atom stereocenters. The van der Waals surface area contributed by atoms with Crippen LogP contribution in [0.4, 0.5) is 17.6 Å². The van der Waals surface area contributed by atoms with Gasteiger partial charge in [0.15, 0.2) is 5.78 Å². The summed E-state index contributed by atoms with van der Waals surface area (Å²) in [7, 11) is 0. The van der Waals surface area contributed by atoms with Crippen molar-refractivity contribution in [1.29, 1.82) is 0 Å². The molecule has 0 radical (unpaired) electrons. The lowest BCUT2D eigenvalue weighted by Gasteiger charge is -2.17. The highest BCUT2D eigenvalue weighted by atomic mass is 19.4. The number of carbonyl (C=O) groups is 1. The Bertz CT molecular complexity index is 1080. The molecule has 0 saturated heterocycles. The first kappa shape index (κ1) is 20.8. The summed E-state index contributed by atoms with van der Waals surface area (Å²) >= 11 is 0. The van der Waals surface area contributed by atoms with Gasteiger partial charge in [-0.05, 0) is 72.4 Å². The number of aryl methyl sites for hydroxylation is 3. The number of hydrogen-bond donors (Lipinski definition) is 0. The molecule has 0 unspecified atom stereocenters. The number of halogens is 4. The summed E-state index contributed by atoms with van der Waals surface area (Å²) in [4.78, 5) is 13.1. The van der Waals surface area contributed by atoms with E-state index in [-0.39, 0.29) is 16.7 Å². The van der Waals surface area contributed by atoms with Gasteiger partial charge in [0.05, 0.1) is 5.56 Å². The van der Waals surface area contributed by atoms with Crippen molar-refractivity contribution in [2.75, 3.05) is 0 Å².